The van der Waals surface area contributed by atoms with E-state index in [1.165, 1.54) is 16.0 Å². The van der Waals surface area contributed by atoms with E-state index in [-0.39, 0.29) is 6.61 Å². The summed E-state index contributed by atoms with van der Waals surface area (Å²) in [5.41, 5.74) is 2.44. The van der Waals surface area contributed by atoms with Crippen molar-refractivity contribution >= 4 is 27.4 Å². The molecule has 126 valence electrons. The number of aliphatic hydroxyl groups excluding tert-OH is 1. The highest BCUT2D eigenvalue weighted by Crippen LogP contribution is 2.40. The summed E-state index contributed by atoms with van der Waals surface area (Å²) in [5, 5.41) is 13.5. The van der Waals surface area contributed by atoms with Crippen molar-refractivity contribution < 1.29 is 5.11 Å². The molecule has 0 aliphatic rings. The number of hydrogen-bond donors (Lipinski definition) is 2. The van der Waals surface area contributed by atoms with Gasteiger partial charge in [0.25, 0.3) is 0 Å². The van der Waals surface area contributed by atoms with Gasteiger partial charge >= 0.3 is 0 Å². The molecule has 3 rings (SSSR count). The van der Waals surface area contributed by atoms with Crippen LogP contribution >= 0.6 is 11.3 Å². The van der Waals surface area contributed by atoms with E-state index in [0.717, 1.165) is 47.7 Å². The number of hydrogen-bond acceptors (Lipinski definition) is 5. The average molecular weight is 341 g/mol. The molecule has 0 spiro atoms. The third-order valence-electron chi connectivity index (χ3n) is 4.03. The number of unbranched alkanes of at least 4 members (excludes halogenated alkanes) is 2. The van der Waals surface area contributed by atoms with E-state index >= 15 is 0 Å². The van der Waals surface area contributed by atoms with Gasteiger partial charge in [-0.25, -0.2) is 9.97 Å². The summed E-state index contributed by atoms with van der Waals surface area (Å²) < 4.78 is 0. The first-order valence-corrected chi connectivity index (χ1v) is 9.20. The summed E-state index contributed by atoms with van der Waals surface area (Å²) in [4.78, 5) is 11.6. The van der Waals surface area contributed by atoms with Gasteiger partial charge in [0.05, 0.1) is 5.39 Å². The molecule has 2 aromatic heterocycles. The van der Waals surface area contributed by atoms with Crippen molar-refractivity contribution in [3.8, 4) is 11.1 Å². The number of aromatic nitrogens is 2. The van der Waals surface area contributed by atoms with Gasteiger partial charge in [0, 0.05) is 23.6 Å². The van der Waals surface area contributed by atoms with E-state index in [4.69, 9.17) is 5.11 Å². The highest BCUT2D eigenvalue weighted by Gasteiger charge is 2.17. The smallest absolute Gasteiger partial charge is 0.139 e. The first kappa shape index (κ1) is 16.9. The van der Waals surface area contributed by atoms with Crippen LogP contribution in [0.15, 0.2) is 30.3 Å². The topological polar surface area (TPSA) is 58.0 Å². The average Bonchev–Trinajstić information content (AvgIpc) is 2.91. The minimum Gasteiger partial charge on any atom is -0.396 e. The SMILES string of the molecule is Cc1nc(NCCCCCO)c2c(-c3ccccc3)c(C)sc2n1. The maximum atomic E-state index is 8.89. The molecule has 0 bridgehead atoms. The Bertz CT molecular complexity index is 814. The number of aliphatic hydroxyl groups is 1. The lowest BCUT2D eigenvalue weighted by Crippen LogP contribution is -2.05. The fraction of sp³-hybridized carbons (Fsp3) is 0.368. The van der Waals surface area contributed by atoms with Crippen LogP contribution in [0.25, 0.3) is 21.3 Å². The zero-order valence-corrected chi connectivity index (χ0v) is 15.0. The van der Waals surface area contributed by atoms with E-state index in [9.17, 15) is 0 Å². The summed E-state index contributed by atoms with van der Waals surface area (Å²) >= 11 is 1.73. The Morgan fingerprint density at radius 2 is 1.83 bits per heavy atom. The maximum absolute atomic E-state index is 8.89. The second-order valence-electron chi connectivity index (χ2n) is 5.91. The lowest BCUT2D eigenvalue weighted by Gasteiger charge is -2.10. The Labute approximate surface area is 146 Å². The summed E-state index contributed by atoms with van der Waals surface area (Å²) in [7, 11) is 0. The fourth-order valence-corrected chi connectivity index (χ4v) is 4.01. The van der Waals surface area contributed by atoms with E-state index in [1.54, 1.807) is 11.3 Å². The van der Waals surface area contributed by atoms with Gasteiger partial charge in [-0.15, -0.1) is 11.3 Å². The van der Waals surface area contributed by atoms with Gasteiger partial charge in [0.1, 0.15) is 16.5 Å². The number of rotatable bonds is 7. The van der Waals surface area contributed by atoms with Crippen molar-refractivity contribution in [2.24, 2.45) is 0 Å². The Morgan fingerprint density at radius 3 is 2.58 bits per heavy atom. The number of nitrogens with zero attached hydrogens (tertiary/aromatic N) is 2. The molecule has 0 fully saturated rings. The second-order valence-corrected chi connectivity index (χ2v) is 7.11. The second kappa shape index (κ2) is 7.73. The highest BCUT2D eigenvalue weighted by atomic mass is 32.1. The molecule has 1 aromatic carbocycles. The van der Waals surface area contributed by atoms with Gasteiger partial charge in [-0.1, -0.05) is 30.3 Å². The Morgan fingerprint density at radius 1 is 1.04 bits per heavy atom. The van der Waals surface area contributed by atoms with Crippen molar-refractivity contribution in [1.82, 2.24) is 9.97 Å². The number of fused-ring (bicyclic) bond motifs is 1. The predicted octanol–water partition coefficient (Wildman–Crippen LogP) is 4.55. The maximum Gasteiger partial charge on any atom is 0.139 e. The summed E-state index contributed by atoms with van der Waals surface area (Å²) in [6, 6.07) is 10.4. The molecule has 0 radical (unpaired) electrons. The van der Waals surface area contributed by atoms with Gasteiger partial charge < -0.3 is 10.4 Å². The van der Waals surface area contributed by atoms with E-state index in [0.29, 0.717) is 0 Å². The van der Waals surface area contributed by atoms with E-state index in [2.05, 4.69) is 46.5 Å². The minimum absolute atomic E-state index is 0.263. The Hall–Kier alpha value is -1.98. The van der Waals surface area contributed by atoms with Crippen LogP contribution in [0.2, 0.25) is 0 Å². The van der Waals surface area contributed by atoms with Crippen molar-refractivity contribution in [2.75, 3.05) is 18.5 Å². The molecule has 4 nitrogen and oxygen atoms in total. The number of benzene rings is 1. The molecular weight excluding hydrogens is 318 g/mol. The zero-order valence-electron chi connectivity index (χ0n) is 14.2. The molecule has 0 saturated carbocycles. The number of thiophene rings is 1. The molecule has 2 N–H and O–H groups in total. The molecular formula is C19H23N3OS. The Kier molecular flexibility index (Phi) is 5.43. The minimum atomic E-state index is 0.263. The molecule has 0 unspecified atom stereocenters. The molecule has 2 heterocycles. The molecule has 24 heavy (non-hydrogen) atoms. The van der Waals surface area contributed by atoms with Gasteiger partial charge in [-0.2, -0.15) is 0 Å². The van der Waals surface area contributed by atoms with Crippen LogP contribution in [-0.2, 0) is 0 Å². The van der Waals surface area contributed by atoms with Crippen LogP contribution in [0.5, 0.6) is 0 Å². The summed E-state index contributed by atoms with van der Waals surface area (Å²) in [6.07, 6.45) is 2.90. The van der Waals surface area contributed by atoms with E-state index < -0.39 is 0 Å². The lowest BCUT2D eigenvalue weighted by molar-refractivity contribution is 0.283. The molecule has 0 amide bonds. The first-order chi connectivity index (χ1) is 11.7. The highest BCUT2D eigenvalue weighted by molar-refractivity contribution is 7.19. The summed E-state index contributed by atoms with van der Waals surface area (Å²) in [6.45, 7) is 5.20. The fourth-order valence-electron chi connectivity index (χ4n) is 2.92. The molecule has 0 aliphatic heterocycles. The van der Waals surface area contributed by atoms with Crippen molar-refractivity contribution in [1.29, 1.82) is 0 Å². The monoisotopic (exact) mass is 341 g/mol. The molecule has 0 aliphatic carbocycles. The standard InChI is InChI=1S/C19H23N3OS/c1-13-16(15-9-5-3-6-10-15)17-18(20-11-7-4-8-12-23)21-14(2)22-19(17)24-13/h3,5-6,9-10,23H,4,7-8,11-12H2,1-2H3,(H,20,21,22). The van der Waals surface area contributed by atoms with Gasteiger partial charge in [0.2, 0.25) is 0 Å². The van der Waals surface area contributed by atoms with Crippen LogP contribution in [0.1, 0.15) is 30.0 Å². The zero-order chi connectivity index (χ0) is 16.9. The van der Waals surface area contributed by atoms with Crippen molar-refractivity contribution in [2.45, 2.75) is 33.1 Å². The van der Waals surface area contributed by atoms with E-state index in [1.807, 2.05) is 13.0 Å². The molecule has 0 atom stereocenters. The molecule has 3 aromatic rings. The number of nitrogens with one attached hydrogen (secondary N) is 1. The lowest BCUT2D eigenvalue weighted by atomic mass is 10.0. The van der Waals surface area contributed by atoms with Crippen molar-refractivity contribution in [3.63, 3.8) is 0 Å². The van der Waals surface area contributed by atoms with Crippen LogP contribution < -0.4 is 5.32 Å². The van der Waals surface area contributed by atoms with Gasteiger partial charge in [0.15, 0.2) is 0 Å². The third kappa shape index (κ3) is 3.57. The van der Waals surface area contributed by atoms with Crippen LogP contribution in [0.4, 0.5) is 5.82 Å². The largest absolute Gasteiger partial charge is 0.396 e. The van der Waals surface area contributed by atoms with Crippen LogP contribution in [0, 0.1) is 13.8 Å². The Balaban J connectivity index is 1.98. The number of anilines is 1. The van der Waals surface area contributed by atoms with Gasteiger partial charge in [-0.05, 0) is 38.7 Å². The first-order valence-electron chi connectivity index (χ1n) is 8.38. The number of aryl methyl sites for hydroxylation is 2. The van der Waals surface area contributed by atoms with Gasteiger partial charge in [-0.3, -0.25) is 0 Å². The van der Waals surface area contributed by atoms with Crippen LogP contribution in [0.3, 0.4) is 0 Å². The van der Waals surface area contributed by atoms with Crippen molar-refractivity contribution in [3.05, 3.63) is 41.0 Å². The third-order valence-corrected chi connectivity index (χ3v) is 5.03. The molecule has 0 saturated heterocycles. The quantitative estimate of drug-likeness (QED) is 0.619. The van der Waals surface area contributed by atoms with Crippen LogP contribution in [-0.4, -0.2) is 28.2 Å². The normalized spacial score (nSPS) is 11.1. The predicted molar refractivity (Wildman–Crippen MR) is 102 cm³/mol. The summed E-state index contributed by atoms with van der Waals surface area (Å²) in [5.74, 6) is 1.71. The molecule has 5 heteroatoms.